The van der Waals surface area contributed by atoms with Crippen molar-refractivity contribution in [1.82, 2.24) is 4.90 Å². The Morgan fingerprint density at radius 1 is 1.47 bits per heavy atom. The molecule has 0 N–H and O–H groups in total. The first-order valence-corrected chi connectivity index (χ1v) is 5.87. The fourth-order valence-electron chi connectivity index (χ4n) is 2.02. The summed E-state index contributed by atoms with van der Waals surface area (Å²) < 4.78 is 0. The van der Waals surface area contributed by atoms with Crippen molar-refractivity contribution in [3.63, 3.8) is 0 Å². The topological polar surface area (TPSA) is 3.24 Å². The molecule has 86 valence electrons. The van der Waals surface area contributed by atoms with E-state index in [-0.39, 0.29) is 6.04 Å². The standard InChI is InChI=1S/C14H25N/c1-7-10-13(11-8-2)15(6)14(9-3)12(4)5/h3,7,12-14H,1,8,10-11H2,2,4-6H3. The van der Waals surface area contributed by atoms with Crippen LogP contribution in [0.2, 0.25) is 0 Å². The summed E-state index contributed by atoms with van der Waals surface area (Å²) in [5.74, 6) is 3.39. The van der Waals surface area contributed by atoms with Gasteiger partial charge in [0.05, 0.1) is 6.04 Å². The lowest BCUT2D eigenvalue weighted by Gasteiger charge is -2.34. The van der Waals surface area contributed by atoms with Gasteiger partial charge in [0.15, 0.2) is 0 Å². The summed E-state index contributed by atoms with van der Waals surface area (Å²) in [6, 6.07) is 0.775. The molecule has 0 spiro atoms. The maximum Gasteiger partial charge on any atom is 0.0735 e. The minimum absolute atomic E-state index is 0.237. The number of rotatable bonds is 7. The molecule has 0 rings (SSSR count). The number of terminal acetylenes is 1. The minimum Gasteiger partial charge on any atom is -0.289 e. The van der Waals surface area contributed by atoms with Gasteiger partial charge in [-0.1, -0.05) is 39.2 Å². The molecule has 0 aromatic carbocycles. The van der Waals surface area contributed by atoms with Gasteiger partial charge in [0.2, 0.25) is 0 Å². The Balaban J connectivity index is 4.51. The van der Waals surface area contributed by atoms with Gasteiger partial charge < -0.3 is 0 Å². The molecule has 0 amide bonds. The van der Waals surface area contributed by atoms with Crippen molar-refractivity contribution in [2.45, 2.75) is 52.1 Å². The van der Waals surface area contributed by atoms with Crippen LogP contribution in [0.15, 0.2) is 12.7 Å². The van der Waals surface area contributed by atoms with Crippen LogP contribution in [0.1, 0.15) is 40.0 Å². The highest BCUT2D eigenvalue weighted by molar-refractivity contribution is 5.02. The summed E-state index contributed by atoms with van der Waals surface area (Å²) in [5, 5.41) is 0. The average Bonchev–Trinajstić information content (AvgIpc) is 2.17. The highest BCUT2D eigenvalue weighted by atomic mass is 15.2. The van der Waals surface area contributed by atoms with Crippen molar-refractivity contribution in [3.8, 4) is 12.3 Å². The highest BCUT2D eigenvalue weighted by Gasteiger charge is 2.22. The van der Waals surface area contributed by atoms with Crippen LogP contribution in [-0.2, 0) is 0 Å². The second kappa shape index (κ2) is 7.54. The normalized spacial score (nSPS) is 15.0. The van der Waals surface area contributed by atoms with E-state index in [0.29, 0.717) is 12.0 Å². The fourth-order valence-corrected chi connectivity index (χ4v) is 2.02. The van der Waals surface area contributed by atoms with Crippen LogP contribution in [0.4, 0.5) is 0 Å². The molecule has 15 heavy (non-hydrogen) atoms. The molecule has 0 aliphatic carbocycles. The zero-order valence-electron chi connectivity index (χ0n) is 10.7. The van der Waals surface area contributed by atoms with E-state index in [1.165, 1.54) is 12.8 Å². The molecule has 0 saturated heterocycles. The fraction of sp³-hybridized carbons (Fsp3) is 0.714. The molecule has 0 saturated carbocycles. The molecule has 0 fully saturated rings. The predicted molar refractivity (Wildman–Crippen MR) is 68.7 cm³/mol. The van der Waals surface area contributed by atoms with Crippen molar-refractivity contribution in [1.29, 1.82) is 0 Å². The second-order valence-corrected chi connectivity index (χ2v) is 4.49. The van der Waals surface area contributed by atoms with E-state index in [1.807, 2.05) is 6.08 Å². The quantitative estimate of drug-likeness (QED) is 0.457. The molecule has 1 heteroatoms. The maximum atomic E-state index is 5.59. The Morgan fingerprint density at radius 3 is 2.40 bits per heavy atom. The van der Waals surface area contributed by atoms with Gasteiger partial charge in [-0.2, -0.15) is 0 Å². The Bertz CT molecular complexity index is 212. The summed E-state index contributed by atoms with van der Waals surface area (Å²) in [6.07, 6.45) is 11.0. The molecule has 0 radical (unpaired) electrons. The highest BCUT2D eigenvalue weighted by Crippen LogP contribution is 2.17. The van der Waals surface area contributed by atoms with Crippen LogP contribution in [-0.4, -0.2) is 24.0 Å². The first-order chi connectivity index (χ1) is 7.08. The van der Waals surface area contributed by atoms with Crippen molar-refractivity contribution in [2.24, 2.45) is 5.92 Å². The van der Waals surface area contributed by atoms with E-state index in [2.05, 4.69) is 45.2 Å². The molecule has 2 atom stereocenters. The van der Waals surface area contributed by atoms with Crippen LogP contribution < -0.4 is 0 Å². The third-order valence-corrected chi connectivity index (χ3v) is 2.88. The van der Waals surface area contributed by atoms with Gasteiger partial charge in [-0.3, -0.25) is 4.90 Å². The Morgan fingerprint density at radius 2 is 2.07 bits per heavy atom. The van der Waals surface area contributed by atoms with Gasteiger partial charge in [-0.25, -0.2) is 0 Å². The molecule has 2 unspecified atom stereocenters. The Labute approximate surface area is 95.6 Å². The Kier molecular flexibility index (Phi) is 7.17. The maximum absolute atomic E-state index is 5.59. The number of hydrogen-bond acceptors (Lipinski definition) is 1. The molecule has 0 bridgehead atoms. The summed E-state index contributed by atoms with van der Waals surface area (Å²) >= 11 is 0. The molecular weight excluding hydrogens is 182 g/mol. The minimum atomic E-state index is 0.237. The van der Waals surface area contributed by atoms with Gasteiger partial charge in [-0.15, -0.1) is 13.0 Å². The van der Waals surface area contributed by atoms with Crippen molar-refractivity contribution in [2.75, 3.05) is 7.05 Å². The molecule has 0 heterocycles. The van der Waals surface area contributed by atoms with Crippen LogP contribution in [0.25, 0.3) is 0 Å². The summed E-state index contributed by atoms with van der Waals surface area (Å²) in [7, 11) is 2.13. The Hall–Kier alpha value is -0.740. The van der Waals surface area contributed by atoms with E-state index in [9.17, 15) is 0 Å². The predicted octanol–water partition coefficient (Wildman–Crippen LogP) is 3.32. The van der Waals surface area contributed by atoms with E-state index >= 15 is 0 Å². The smallest absolute Gasteiger partial charge is 0.0735 e. The summed E-state index contributed by atoms with van der Waals surface area (Å²) in [6.45, 7) is 10.4. The van der Waals surface area contributed by atoms with Gasteiger partial charge in [-0.05, 0) is 25.8 Å². The van der Waals surface area contributed by atoms with Gasteiger partial charge in [0.1, 0.15) is 0 Å². The molecule has 0 aliphatic heterocycles. The summed E-state index contributed by atoms with van der Waals surface area (Å²) in [5.41, 5.74) is 0. The van der Waals surface area contributed by atoms with Crippen LogP contribution in [0.3, 0.4) is 0 Å². The molecule has 0 aromatic rings. The lowest BCUT2D eigenvalue weighted by atomic mass is 9.99. The third kappa shape index (κ3) is 4.53. The number of nitrogens with zero attached hydrogens (tertiary/aromatic N) is 1. The second-order valence-electron chi connectivity index (χ2n) is 4.49. The van der Waals surface area contributed by atoms with E-state index < -0.39 is 0 Å². The molecule has 0 aliphatic rings. The SMILES string of the molecule is C#CC(C(C)C)N(C)C(CC=C)CCC. The van der Waals surface area contributed by atoms with E-state index in [0.717, 1.165) is 6.42 Å². The van der Waals surface area contributed by atoms with Crippen LogP contribution in [0.5, 0.6) is 0 Å². The first kappa shape index (κ1) is 14.3. The van der Waals surface area contributed by atoms with Gasteiger partial charge in [0.25, 0.3) is 0 Å². The average molecular weight is 207 g/mol. The monoisotopic (exact) mass is 207 g/mol. The first-order valence-electron chi connectivity index (χ1n) is 5.87. The van der Waals surface area contributed by atoms with Crippen LogP contribution >= 0.6 is 0 Å². The van der Waals surface area contributed by atoms with E-state index in [4.69, 9.17) is 6.42 Å². The van der Waals surface area contributed by atoms with Crippen molar-refractivity contribution in [3.05, 3.63) is 12.7 Å². The molecule has 0 aromatic heterocycles. The lowest BCUT2D eigenvalue weighted by molar-refractivity contribution is 0.166. The zero-order valence-corrected chi connectivity index (χ0v) is 10.7. The third-order valence-electron chi connectivity index (χ3n) is 2.88. The zero-order chi connectivity index (χ0) is 11.8. The number of hydrogen-bond donors (Lipinski definition) is 0. The molecular formula is C14H25N. The van der Waals surface area contributed by atoms with Crippen molar-refractivity contribution >= 4 is 0 Å². The molecule has 1 nitrogen and oxygen atoms in total. The lowest BCUT2D eigenvalue weighted by Crippen LogP contribution is -2.42. The van der Waals surface area contributed by atoms with Crippen molar-refractivity contribution < 1.29 is 0 Å². The van der Waals surface area contributed by atoms with Gasteiger partial charge >= 0.3 is 0 Å². The van der Waals surface area contributed by atoms with Gasteiger partial charge in [0, 0.05) is 6.04 Å². The van der Waals surface area contributed by atoms with E-state index in [1.54, 1.807) is 0 Å². The van der Waals surface area contributed by atoms with Crippen LogP contribution in [0, 0.1) is 18.3 Å². The summed E-state index contributed by atoms with van der Waals surface area (Å²) in [4.78, 5) is 2.33. The largest absolute Gasteiger partial charge is 0.289 e.